The first-order valence-corrected chi connectivity index (χ1v) is 10.2. The minimum absolute atomic E-state index is 0.363. The second-order valence-corrected chi connectivity index (χ2v) is 8.36. The number of anilines is 3. The predicted octanol–water partition coefficient (Wildman–Crippen LogP) is 3.70. The molecule has 136 valence electrons. The largest absolute Gasteiger partial charge is 0.423 e. The SMILES string of the molecule is C=S(C)(=O)Nc1cccc(Nc2ncc(-c3ccc4nnccc4c3)o2)c1. The Labute approximate surface area is 156 Å². The van der Waals surface area contributed by atoms with E-state index < -0.39 is 9.71 Å². The minimum Gasteiger partial charge on any atom is -0.423 e. The van der Waals surface area contributed by atoms with Crippen molar-refractivity contribution in [3.05, 3.63) is 60.9 Å². The minimum atomic E-state index is -2.34. The molecule has 0 aliphatic carbocycles. The molecule has 4 aromatic rings. The second-order valence-electron chi connectivity index (χ2n) is 6.15. The van der Waals surface area contributed by atoms with Crippen molar-refractivity contribution in [1.82, 2.24) is 15.2 Å². The molecule has 0 bridgehead atoms. The van der Waals surface area contributed by atoms with Gasteiger partial charge in [-0.05, 0) is 48.3 Å². The lowest BCUT2D eigenvalue weighted by molar-refractivity contribution is 0.592. The van der Waals surface area contributed by atoms with Crippen LogP contribution in [0.5, 0.6) is 0 Å². The molecule has 7 nitrogen and oxygen atoms in total. The van der Waals surface area contributed by atoms with Crippen molar-refractivity contribution in [2.75, 3.05) is 16.3 Å². The number of nitrogens with one attached hydrogen (secondary N) is 2. The summed E-state index contributed by atoms with van der Waals surface area (Å²) in [7, 11) is -2.34. The molecule has 0 aliphatic heterocycles. The number of aromatic nitrogens is 3. The van der Waals surface area contributed by atoms with Crippen LogP contribution in [0, 0.1) is 0 Å². The van der Waals surface area contributed by atoms with Gasteiger partial charge in [-0.15, -0.1) is 0 Å². The molecule has 0 spiro atoms. The molecular formula is C19H17N5O2S. The molecule has 0 aliphatic rings. The zero-order valence-electron chi connectivity index (χ0n) is 14.5. The molecule has 1 unspecified atom stereocenters. The highest BCUT2D eigenvalue weighted by Gasteiger charge is 2.08. The lowest BCUT2D eigenvalue weighted by Crippen LogP contribution is -2.09. The number of fused-ring (bicyclic) bond motifs is 1. The predicted molar refractivity (Wildman–Crippen MR) is 110 cm³/mol. The van der Waals surface area contributed by atoms with Crippen molar-refractivity contribution < 1.29 is 8.63 Å². The van der Waals surface area contributed by atoms with Gasteiger partial charge in [-0.25, -0.2) is 9.19 Å². The van der Waals surface area contributed by atoms with Gasteiger partial charge in [0, 0.05) is 38.3 Å². The third-order valence-electron chi connectivity index (χ3n) is 3.75. The lowest BCUT2D eigenvalue weighted by Gasteiger charge is -2.09. The van der Waals surface area contributed by atoms with E-state index in [-0.39, 0.29) is 0 Å². The molecule has 0 radical (unpaired) electrons. The summed E-state index contributed by atoms with van der Waals surface area (Å²) in [5.74, 6) is 4.23. The van der Waals surface area contributed by atoms with Crippen molar-refractivity contribution in [2.45, 2.75) is 0 Å². The fraction of sp³-hybridized carbons (Fsp3) is 0.0526. The molecule has 0 saturated carbocycles. The van der Waals surface area contributed by atoms with Crippen molar-refractivity contribution in [3.63, 3.8) is 0 Å². The molecule has 2 aromatic carbocycles. The molecule has 0 amide bonds. The number of oxazole rings is 1. The van der Waals surface area contributed by atoms with Crippen LogP contribution in [0.25, 0.3) is 22.2 Å². The summed E-state index contributed by atoms with van der Waals surface area (Å²) in [4.78, 5) is 4.28. The van der Waals surface area contributed by atoms with Crippen LogP contribution in [0.15, 0.2) is 65.3 Å². The van der Waals surface area contributed by atoms with E-state index in [0.717, 1.165) is 22.2 Å². The molecule has 8 heteroatoms. The Hall–Kier alpha value is -3.39. The molecule has 2 heterocycles. The van der Waals surface area contributed by atoms with E-state index in [1.807, 2.05) is 48.5 Å². The van der Waals surface area contributed by atoms with Gasteiger partial charge >= 0.3 is 0 Å². The third-order valence-corrected chi connectivity index (χ3v) is 4.42. The van der Waals surface area contributed by atoms with Crippen LogP contribution < -0.4 is 10.0 Å². The zero-order chi connectivity index (χ0) is 18.9. The molecule has 27 heavy (non-hydrogen) atoms. The number of nitrogens with zero attached hydrogens (tertiary/aromatic N) is 3. The Kier molecular flexibility index (Phi) is 4.25. The monoisotopic (exact) mass is 379 g/mol. The van der Waals surface area contributed by atoms with Gasteiger partial charge in [0.05, 0.1) is 17.9 Å². The van der Waals surface area contributed by atoms with Crippen molar-refractivity contribution in [3.8, 4) is 11.3 Å². The molecular weight excluding hydrogens is 362 g/mol. The summed E-state index contributed by atoms with van der Waals surface area (Å²) < 4.78 is 20.5. The van der Waals surface area contributed by atoms with Gasteiger partial charge in [0.25, 0.3) is 6.01 Å². The second kappa shape index (κ2) is 6.73. The van der Waals surface area contributed by atoms with E-state index in [2.05, 4.69) is 31.1 Å². The summed E-state index contributed by atoms with van der Waals surface area (Å²) >= 11 is 0. The van der Waals surface area contributed by atoms with Gasteiger partial charge in [-0.3, -0.25) is 0 Å². The maximum atomic E-state index is 11.8. The summed E-state index contributed by atoms with van der Waals surface area (Å²) in [5, 5.41) is 12.0. The zero-order valence-corrected chi connectivity index (χ0v) is 15.4. The first-order valence-electron chi connectivity index (χ1n) is 8.11. The van der Waals surface area contributed by atoms with Gasteiger partial charge in [0.2, 0.25) is 0 Å². The number of hydrogen-bond donors (Lipinski definition) is 2. The van der Waals surface area contributed by atoms with E-state index >= 15 is 0 Å². The molecule has 2 N–H and O–H groups in total. The van der Waals surface area contributed by atoms with Crippen molar-refractivity contribution in [1.29, 1.82) is 0 Å². The highest BCUT2D eigenvalue weighted by molar-refractivity contribution is 8.00. The van der Waals surface area contributed by atoms with Gasteiger partial charge in [0.15, 0.2) is 5.76 Å². The normalized spacial score (nSPS) is 13.2. The maximum Gasteiger partial charge on any atom is 0.299 e. The Morgan fingerprint density at radius 2 is 1.96 bits per heavy atom. The quantitative estimate of drug-likeness (QED) is 0.514. The van der Waals surface area contributed by atoms with E-state index in [4.69, 9.17) is 4.42 Å². The summed E-state index contributed by atoms with van der Waals surface area (Å²) in [5.41, 5.74) is 3.17. The van der Waals surface area contributed by atoms with Crippen molar-refractivity contribution in [2.24, 2.45) is 0 Å². The number of benzene rings is 2. The number of hydrogen-bond acceptors (Lipinski definition) is 6. The fourth-order valence-electron chi connectivity index (χ4n) is 2.64. The van der Waals surface area contributed by atoms with Crippen LogP contribution in [0.2, 0.25) is 0 Å². The molecule has 0 saturated heterocycles. The lowest BCUT2D eigenvalue weighted by atomic mass is 10.1. The summed E-state index contributed by atoms with van der Waals surface area (Å²) in [6, 6.07) is 15.4. The van der Waals surface area contributed by atoms with Crippen molar-refractivity contribution >= 4 is 43.9 Å². The van der Waals surface area contributed by atoms with Crippen LogP contribution in [0.1, 0.15) is 0 Å². The highest BCUT2D eigenvalue weighted by atomic mass is 32.2. The summed E-state index contributed by atoms with van der Waals surface area (Å²) in [6.07, 6.45) is 4.86. The van der Waals surface area contributed by atoms with E-state index in [9.17, 15) is 4.21 Å². The van der Waals surface area contributed by atoms with Crippen LogP contribution in [-0.4, -0.2) is 31.5 Å². The maximum absolute atomic E-state index is 11.8. The first kappa shape index (κ1) is 17.0. The average molecular weight is 379 g/mol. The molecule has 1 atom stereocenters. The topological polar surface area (TPSA) is 92.9 Å². The Bertz CT molecular complexity index is 1220. The van der Waals surface area contributed by atoms with Crippen LogP contribution >= 0.6 is 0 Å². The van der Waals surface area contributed by atoms with Crippen LogP contribution in [0.4, 0.5) is 17.4 Å². The van der Waals surface area contributed by atoms with Gasteiger partial charge < -0.3 is 14.5 Å². The Morgan fingerprint density at radius 1 is 1.11 bits per heavy atom. The third kappa shape index (κ3) is 4.06. The first-order chi connectivity index (χ1) is 13.0. The van der Waals surface area contributed by atoms with E-state index in [0.29, 0.717) is 17.5 Å². The van der Waals surface area contributed by atoms with Crippen LogP contribution in [0.3, 0.4) is 0 Å². The summed E-state index contributed by atoms with van der Waals surface area (Å²) in [6.45, 7) is 0. The van der Waals surface area contributed by atoms with Gasteiger partial charge in [-0.1, -0.05) is 6.07 Å². The Balaban J connectivity index is 1.56. The van der Waals surface area contributed by atoms with Gasteiger partial charge in [0.1, 0.15) is 0 Å². The van der Waals surface area contributed by atoms with E-state index in [1.165, 1.54) is 0 Å². The fourth-order valence-corrected chi connectivity index (χ4v) is 3.27. The number of rotatable bonds is 5. The highest BCUT2D eigenvalue weighted by Crippen LogP contribution is 2.27. The smallest absolute Gasteiger partial charge is 0.299 e. The van der Waals surface area contributed by atoms with Gasteiger partial charge in [-0.2, -0.15) is 10.2 Å². The Morgan fingerprint density at radius 3 is 2.81 bits per heavy atom. The molecule has 4 rings (SSSR count). The molecule has 2 aromatic heterocycles. The standard InChI is InChI=1S/C19H17N5O2S/c1-27(2,25)24-16-5-3-4-15(11-16)22-19-20-12-18(26-19)14-6-7-17-13(10-14)8-9-21-23-17/h3-12H,1H2,2H3,(H,20,22)(H,24,25). The molecule has 0 fully saturated rings. The van der Waals surface area contributed by atoms with Crippen LogP contribution in [-0.2, 0) is 9.71 Å². The average Bonchev–Trinajstić information content (AvgIpc) is 3.08. The van der Waals surface area contributed by atoms with E-state index in [1.54, 1.807) is 18.6 Å².